The summed E-state index contributed by atoms with van der Waals surface area (Å²) >= 11 is 6.29. The van der Waals surface area contributed by atoms with Gasteiger partial charge in [0.2, 0.25) is 0 Å². The van der Waals surface area contributed by atoms with E-state index >= 15 is 0 Å². The number of thioether (sulfide) groups is 1. The Morgan fingerprint density at radius 2 is 2.26 bits per heavy atom. The average Bonchev–Trinajstić information content (AvgIpc) is 2.75. The predicted octanol–water partition coefficient (Wildman–Crippen LogP) is 2.94. The number of nitrogens with zero attached hydrogens (tertiary/aromatic N) is 1. The number of hydrogen-bond acceptors (Lipinski definition) is 6. The van der Waals surface area contributed by atoms with Gasteiger partial charge in [-0.25, -0.2) is 0 Å². The van der Waals surface area contributed by atoms with Gasteiger partial charge in [-0.2, -0.15) is 0 Å². The molecular weight excluding hydrogens is 334 g/mol. The Morgan fingerprint density at radius 1 is 1.48 bits per heavy atom. The highest BCUT2D eigenvalue weighted by atomic mass is 32.2. The van der Waals surface area contributed by atoms with Gasteiger partial charge < -0.3 is 9.84 Å². The molecule has 23 heavy (non-hydrogen) atoms. The zero-order valence-corrected chi connectivity index (χ0v) is 14.3. The molecule has 1 aliphatic heterocycles. The number of esters is 1. The molecule has 0 aliphatic carbocycles. The molecule has 1 amide bonds. The number of benzene rings is 1. The summed E-state index contributed by atoms with van der Waals surface area (Å²) in [6, 6.07) is 6.55. The number of phenolic OH excluding ortho intramolecular Hbond substituents is 1. The van der Waals surface area contributed by atoms with Crippen molar-refractivity contribution in [2.24, 2.45) is 0 Å². The number of amides is 1. The first kappa shape index (κ1) is 17.5. The van der Waals surface area contributed by atoms with Crippen LogP contribution in [-0.2, 0) is 14.3 Å². The van der Waals surface area contributed by atoms with Crippen LogP contribution in [0.2, 0.25) is 0 Å². The second kappa shape index (κ2) is 8.12. The minimum Gasteiger partial charge on any atom is -0.508 e. The monoisotopic (exact) mass is 351 g/mol. The molecule has 1 N–H and O–H groups in total. The second-order valence-corrected chi connectivity index (χ2v) is 6.61. The Hall–Kier alpha value is -1.86. The molecule has 0 spiro atoms. The third-order valence-corrected chi connectivity index (χ3v) is 4.47. The minimum absolute atomic E-state index is 0.119. The van der Waals surface area contributed by atoms with Gasteiger partial charge in [-0.15, -0.1) is 0 Å². The molecule has 1 saturated heterocycles. The standard InChI is InChI=1S/C16H17NO4S2/c1-2-3-7-21-14(19)10-17-15(20)13(23-16(17)22)9-11-5-4-6-12(18)8-11/h4-6,8-9,18H,2-3,7,10H2,1H3/b13-9-. The number of unbranched alkanes of at least 4 members (excludes halogenated alkanes) is 1. The largest absolute Gasteiger partial charge is 0.508 e. The number of ether oxygens (including phenoxy) is 1. The van der Waals surface area contributed by atoms with Crippen molar-refractivity contribution in [3.8, 4) is 5.75 Å². The number of carbonyl (C=O) groups is 2. The molecule has 1 aromatic carbocycles. The highest BCUT2D eigenvalue weighted by molar-refractivity contribution is 8.26. The lowest BCUT2D eigenvalue weighted by atomic mass is 10.2. The minimum atomic E-state index is -0.464. The zero-order chi connectivity index (χ0) is 16.8. The van der Waals surface area contributed by atoms with Crippen LogP contribution in [-0.4, -0.2) is 39.4 Å². The van der Waals surface area contributed by atoms with E-state index < -0.39 is 5.97 Å². The van der Waals surface area contributed by atoms with Crippen LogP contribution in [0.3, 0.4) is 0 Å². The lowest BCUT2D eigenvalue weighted by Crippen LogP contribution is -2.34. The van der Waals surface area contributed by atoms with Gasteiger partial charge in [0.05, 0.1) is 11.5 Å². The summed E-state index contributed by atoms with van der Waals surface area (Å²) in [5.41, 5.74) is 0.691. The van der Waals surface area contributed by atoms with Crippen LogP contribution in [0.25, 0.3) is 6.08 Å². The van der Waals surface area contributed by atoms with E-state index in [0.29, 0.717) is 21.4 Å². The maximum absolute atomic E-state index is 12.3. The molecule has 0 unspecified atom stereocenters. The van der Waals surface area contributed by atoms with Crippen molar-refractivity contribution in [2.45, 2.75) is 19.8 Å². The normalized spacial score (nSPS) is 16.2. The van der Waals surface area contributed by atoms with E-state index in [1.54, 1.807) is 30.3 Å². The van der Waals surface area contributed by atoms with Crippen molar-refractivity contribution in [2.75, 3.05) is 13.2 Å². The van der Waals surface area contributed by atoms with Crippen molar-refractivity contribution in [3.05, 3.63) is 34.7 Å². The van der Waals surface area contributed by atoms with Crippen LogP contribution < -0.4 is 0 Å². The average molecular weight is 351 g/mol. The van der Waals surface area contributed by atoms with Crippen LogP contribution in [0.1, 0.15) is 25.3 Å². The second-order valence-electron chi connectivity index (χ2n) is 4.94. The van der Waals surface area contributed by atoms with Gasteiger partial charge in [0.15, 0.2) is 0 Å². The number of thiocarbonyl (C=S) groups is 1. The molecule has 0 radical (unpaired) electrons. The van der Waals surface area contributed by atoms with E-state index in [2.05, 4.69) is 0 Å². The molecule has 0 atom stereocenters. The smallest absolute Gasteiger partial charge is 0.326 e. The third-order valence-electron chi connectivity index (χ3n) is 3.09. The van der Waals surface area contributed by atoms with Crippen molar-refractivity contribution < 1.29 is 19.4 Å². The fourth-order valence-corrected chi connectivity index (χ4v) is 3.16. The van der Waals surface area contributed by atoms with Gasteiger partial charge in [-0.05, 0) is 30.2 Å². The zero-order valence-electron chi connectivity index (χ0n) is 12.7. The molecule has 1 aliphatic rings. The van der Waals surface area contributed by atoms with E-state index in [4.69, 9.17) is 17.0 Å². The molecule has 5 nitrogen and oxygen atoms in total. The quantitative estimate of drug-likeness (QED) is 0.368. The molecule has 7 heteroatoms. The van der Waals surface area contributed by atoms with Gasteiger partial charge in [0.1, 0.15) is 16.6 Å². The Kier molecular flexibility index (Phi) is 6.18. The number of rotatable bonds is 6. The maximum Gasteiger partial charge on any atom is 0.326 e. The maximum atomic E-state index is 12.3. The number of phenols is 1. The van der Waals surface area contributed by atoms with E-state index in [0.717, 1.165) is 24.6 Å². The highest BCUT2D eigenvalue weighted by Gasteiger charge is 2.33. The lowest BCUT2D eigenvalue weighted by Gasteiger charge is -2.13. The molecule has 1 aromatic rings. The summed E-state index contributed by atoms with van der Waals surface area (Å²) < 4.78 is 5.38. The molecular formula is C16H17NO4S2. The van der Waals surface area contributed by atoms with E-state index in [9.17, 15) is 14.7 Å². The number of carbonyl (C=O) groups excluding carboxylic acids is 2. The first-order valence-electron chi connectivity index (χ1n) is 7.21. The fourth-order valence-electron chi connectivity index (χ4n) is 1.91. The van der Waals surface area contributed by atoms with Crippen molar-refractivity contribution >= 4 is 46.3 Å². The summed E-state index contributed by atoms with van der Waals surface area (Å²) in [5.74, 6) is -0.669. The van der Waals surface area contributed by atoms with Crippen molar-refractivity contribution in [1.29, 1.82) is 0 Å². The third kappa shape index (κ3) is 4.80. The van der Waals surface area contributed by atoms with Crippen LogP contribution in [0.4, 0.5) is 0 Å². The van der Waals surface area contributed by atoms with Gasteiger partial charge in [-0.1, -0.05) is 49.5 Å². The fraction of sp³-hybridized carbons (Fsp3) is 0.312. The van der Waals surface area contributed by atoms with Crippen molar-refractivity contribution in [3.63, 3.8) is 0 Å². The Balaban J connectivity index is 2.03. The summed E-state index contributed by atoms with van der Waals surface area (Å²) in [5, 5.41) is 9.46. The Labute approximate surface area is 144 Å². The van der Waals surface area contributed by atoms with E-state index in [-0.39, 0.29) is 18.2 Å². The molecule has 0 saturated carbocycles. The van der Waals surface area contributed by atoms with Gasteiger partial charge in [0.25, 0.3) is 5.91 Å². The van der Waals surface area contributed by atoms with E-state index in [1.165, 1.54) is 4.90 Å². The summed E-state index contributed by atoms with van der Waals surface area (Å²) in [6.07, 6.45) is 3.37. The molecule has 2 rings (SSSR count). The summed E-state index contributed by atoms with van der Waals surface area (Å²) in [4.78, 5) is 25.7. The molecule has 1 heterocycles. The molecule has 0 aromatic heterocycles. The Bertz CT molecular complexity index is 657. The molecule has 1 fully saturated rings. The van der Waals surface area contributed by atoms with Crippen LogP contribution in [0.5, 0.6) is 5.75 Å². The molecule has 0 bridgehead atoms. The van der Waals surface area contributed by atoms with Crippen LogP contribution >= 0.6 is 24.0 Å². The van der Waals surface area contributed by atoms with Gasteiger partial charge in [0, 0.05) is 0 Å². The van der Waals surface area contributed by atoms with Crippen LogP contribution in [0.15, 0.2) is 29.2 Å². The SMILES string of the molecule is CCCCOC(=O)CN1C(=O)/C(=C/c2cccc(O)c2)SC1=S. The molecule has 122 valence electrons. The van der Waals surface area contributed by atoms with Gasteiger partial charge >= 0.3 is 5.97 Å². The number of hydrogen-bond donors (Lipinski definition) is 1. The van der Waals surface area contributed by atoms with Gasteiger partial charge in [-0.3, -0.25) is 14.5 Å². The number of aromatic hydroxyl groups is 1. The summed E-state index contributed by atoms with van der Waals surface area (Å²) in [6.45, 7) is 2.18. The van der Waals surface area contributed by atoms with Crippen molar-refractivity contribution in [1.82, 2.24) is 4.90 Å². The first-order chi connectivity index (χ1) is 11.0. The topological polar surface area (TPSA) is 66.8 Å². The van der Waals surface area contributed by atoms with Crippen LogP contribution in [0, 0.1) is 0 Å². The van der Waals surface area contributed by atoms with E-state index in [1.807, 2.05) is 6.92 Å². The lowest BCUT2D eigenvalue weighted by molar-refractivity contribution is -0.146. The summed E-state index contributed by atoms with van der Waals surface area (Å²) in [7, 11) is 0. The first-order valence-corrected chi connectivity index (χ1v) is 8.43. The Morgan fingerprint density at radius 3 is 2.96 bits per heavy atom. The predicted molar refractivity (Wildman–Crippen MR) is 93.9 cm³/mol. The highest BCUT2D eigenvalue weighted by Crippen LogP contribution is 2.32.